The Kier molecular flexibility index (Phi) is 4.40. The number of Topliss-reactive ketones (excluding diaryl/α,β-unsaturated/α-hetero) is 1. The van der Waals surface area contributed by atoms with Crippen LogP contribution in [0.5, 0.6) is 0 Å². The van der Waals surface area contributed by atoms with Gasteiger partial charge in [-0.3, -0.25) is 9.78 Å². The molecule has 2 aromatic heterocycles. The Hall–Kier alpha value is -3.14. The molecule has 0 saturated heterocycles. The van der Waals surface area contributed by atoms with Gasteiger partial charge < -0.3 is 10.3 Å². The summed E-state index contributed by atoms with van der Waals surface area (Å²) >= 11 is 0. The largest absolute Gasteiger partial charge is 0.356 e. The fraction of sp³-hybridized carbons (Fsp3) is 0.182. The third-order valence-electron chi connectivity index (χ3n) is 4.84. The molecule has 0 amide bonds. The molecule has 0 spiro atoms. The van der Waals surface area contributed by atoms with Crippen LogP contribution in [-0.2, 0) is 6.42 Å². The van der Waals surface area contributed by atoms with E-state index in [1.165, 1.54) is 0 Å². The van der Waals surface area contributed by atoms with Crippen molar-refractivity contribution >= 4 is 17.2 Å². The summed E-state index contributed by atoms with van der Waals surface area (Å²) in [5, 5.41) is 3.46. The highest BCUT2D eigenvalue weighted by Gasteiger charge is 2.31. The number of H-pyrrole nitrogens is 1. The number of carbonyl (C=O) groups is 1. The van der Waals surface area contributed by atoms with Crippen molar-refractivity contribution in [2.24, 2.45) is 5.92 Å². The Morgan fingerprint density at radius 1 is 1.15 bits per heavy atom. The van der Waals surface area contributed by atoms with Crippen molar-refractivity contribution in [1.29, 1.82) is 0 Å². The van der Waals surface area contributed by atoms with Gasteiger partial charge in [-0.25, -0.2) is 0 Å². The Balaban J connectivity index is 1.82. The fourth-order valence-electron chi connectivity index (χ4n) is 3.67. The van der Waals surface area contributed by atoms with E-state index in [2.05, 4.69) is 21.9 Å². The van der Waals surface area contributed by atoms with Gasteiger partial charge in [0.2, 0.25) is 0 Å². The minimum atomic E-state index is 0.188. The molecule has 2 N–H and O–H groups in total. The predicted octanol–water partition coefficient (Wildman–Crippen LogP) is 5.14. The van der Waals surface area contributed by atoms with Crippen LogP contribution in [0.4, 0.5) is 11.4 Å². The van der Waals surface area contributed by atoms with Gasteiger partial charge >= 0.3 is 0 Å². The van der Waals surface area contributed by atoms with Crippen LogP contribution in [-0.4, -0.2) is 15.8 Å². The number of pyridine rings is 1. The molecule has 3 aromatic rings. The molecule has 4 nitrogen and oxygen atoms in total. The van der Waals surface area contributed by atoms with Crippen LogP contribution in [0.3, 0.4) is 0 Å². The second kappa shape index (κ2) is 7.00. The monoisotopic (exact) mass is 343 g/mol. The van der Waals surface area contributed by atoms with Crippen molar-refractivity contribution in [2.45, 2.75) is 19.3 Å². The molecule has 1 aromatic carbocycles. The Morgan fingerprint density at radius 3 is 2.65 bits per heavy atom. The number of anilines is 2. The Bertz CT molecular complexity index is 929. The number of benzene rings is 1. The van der Waals surface area contributed by atoms with Crippen LogP contribution in [0.1, 0.15) is 28.9 Å². The summed E-state index contributed by atoms with van der Waals surface area (Å²) in [6.45, 7) is 3.82. The van der Waals surface area contributed by atoms with E-state index in [9.17, 15) is 4.79 Å². The summed E-state index contributed by atoms with van der Waals surface area (Å²) in [5.41, 5.74) is 5.58. The Morgan fingerprint density at radius 2 is 1.92 bits per heavy atom. The minimum absolute atomic E-state index is 0.188. The number of ketones is 1. The lowest BCUT2D eigenvalue weighted by molar-refractivity contribution is 0.0950. The lowest BCUT2D eigenvalue weighted by atomic mass is 9.84. The number of allylic oxidation sites excluding steroid dienone is 1. The third kappa shape index (κ3) is 3.06. The average molecular weight is 343 g/mol. The van der Waals surface area contributed by atoms with Gasteiger partial charge in [0.1, 0.15) is 0 Å². The van der Waals surface area contributed by atoms with E-state index in [0.717, 1.165) is 46.7 Å². The second-order valence-corrected chi connectivity index (χ2v) is 6.68. The second-order valence-electron chi connectivity index (χ2n) is 6.68. The molecule has 1 unspecified atom stereocenters. The van der Waals surface area contributed by atoms with Gasteiger partial charge in [0.25, 0.3) is 0 Å². The first-order valence-corrected chi connectivity index (χ1v) is 8.87. The van der Waals surface area contributed by atoms with Gasteiger partial charge in [-0.1, -0.05) is 24.3 Å². The van der Waals surface area contributed by atoms with Crippen LogP contribution < -0.4 is 5.32 Å². The van der Waals surface area contributed by atoms with Crippen molar-refractivity contribution < 1.29 is 4.79 Å². The number of para-hydroxylation sites is 1. The van der Waals surface area contributed by atoms with Crippen LogP contribution in [0.25, 0.3) is 11.3 Å². The molecule has 4 heteroatoms. The van der Waals surface area contributed by atoms with Crippen molar-refractivity contribution in [3.05, 3.63) is 78.8 Å². The number of nitrogens with one attached hydrogen (secondary N) is 2. The van der Waals surface area contributed by atoms with Crippen molar-refractivity contribution in [1.82, 2.24) is 9.97 Å². The van der Waals surface area contributed by atoms with Gasteiger partial charge in [0.15, 0.2) is 5.78 Å². The fourth-order valence-corrected chi connectivity index (χ4v) is 3.67. The molecular formula is C22H21N3O. The van der Waals surface area contributed by atoms with Gasteiger partial charge in [0, 0.05) is 35.8 Å². The number of rotatable bonds is 5. The summed E-state index contributed by atoms with van der Waals surface area (Å²) in [5.74, 6) is 0.508. The lowest BCUT2D eigenvalue weighted by Crippen LogP contribution is -2.19. The molecule has 0 fully saturated rings. The lowest BCUT2D eigenvalue weighted by Gasteiger charge is -2.20. The normalized spacial score (nSPS) is 16.2. The first kappa shape index (κ1) is 16.3. The molecule has 0 aliphatic heterocycles. The highest BCUT2D eigenvalue weighted by atomic mass is 16.1. The maximum absolute atomic E-state index is 12.9. The highest BCUT2D eigenvalue weighted by Crippen LogP contribution is 2.40. The zero-order chi connectivity index (χ0) is 17.9. The molecule has 1 aliphatic rings. The van der Waals surface area contributed by atoms with Crippen LogP contribution in [0, 0.1) is 5.92 Å². The SMILES string of the molecule is C=CCC1CC(=O)c2c([nH]c(-c3ccncc3)c2Nc2ccccc2)C1. The van der Waals surface area contributed by atoms with Gasteiger partial charge in [-0.2, -0.15) is 0 Å². The van der Waals surface area contributed by atoms with Crippen LogP contribution in [0.2, 0.25) is 0 Å². The summed E-state index contributed by atoms with van der Waals surface area (Å²) in [4.78, 5) is 20.5. The number of aromatic nitrogens is 2. The molecule has 4 rings (SSSR count). The minimum Gasteiger partial charge on any atom is -0.356 e. The van der Waals surface area contributed by atoms with Gasteiger partial charge in [0.05, 0.1) is 16.9 Å². The van der Waals surface area contributed by atoms with E-state index in [4.69, 9.17) is 0 Å². The summed E-state index contributed by atoms with van der Waals surface area (Å²) in [6, 6.07) is 13.9. The molecule has 1 aliphatic carbocycles. The molecule has 26 heavy (non-hydrogen) atoms. The highest BCUT2D eigenvalue weighted by molar-refractivity contribution is 6.07. The molecule has 0 bridgehead atoms. The zero-order valence-corrected chi connectivity index (χ0v) is 14.5. The number of nitrogens with zero attached hydrogens (tertiary/aromatic N) is 1. The van der Waals surface area contributed by atoms with E-state index in [0.29, 0.717) is 12.3 Å². The van der Waals surface area contributed by atoms with E-state index < -0.39 is 0 Å². The Labute approximate surface area is 153 Å². The summed E-state index contributed by atoms with van der Waals surface area (Å²) in [6.07, 6.45) is 7.72. The summed E-state index contributed by atoms with van der Waals surface area (Å²) in [7, 11) is 0. The van der Waals surface area contributed by atoms with Crippen LogP contribution in [0.15, 0.2) is 67.5 Å². The molecule has 0 radical (unpaired) electrons. The predicted molar refractivity (Wildman–Crippen MR) is 105 cm³/mol. The number of aromatic amines is 1. The molecule has 2 heterocycles. The first-order chi connectivity index (χ1) is 12.8. The number of hydrogen-bond donors (Lipinski definition) is 2. The maximum atomic E-state index is 12.9. The topological polar surface area (TPSA) is 57.8 Å². The van der Waals surface area contributed by atoms with Crippen LogP contribution >= 0.6 is 0 Å². The number of hydrogen-bond acceptors (Lipinski definition) is 3. The molecule has 1 atom stereocenters. The maximum Gasteiger partial charge on any atom is 0.167 e. The third-order valence-corrected chi connectivity index (χ3v) is 4.84. The quantitative estimate of drug-likeness (QED) is 0.631. The molecule has 130 valence electrons. The van der Waals surface area contributed by atoms with Gasteiger partial charge in [-0.15, -0.1) is 6.58 Å². The van der Waals surface area contributed by atoms with Crippen molar-refractivity contribution in [2.75, 3.05) is 5.32 Å². The zero-order valence-electron chi connectivity index (χ0n) is 14.5. The number of carbonyl (C=O) groups excluding carboxylic acids is 1. The smallest absolute Gasteiger partial charge is 0.167 e. The van der Waals surface area contributed by atoms with Gasteiger partial charge in [-0.05, 0) is 43.0 Å². The van der Waals surface area contributed by atoms with Crippen molar-refractivity contribution in [3.63, 3.8) is 0 Å². The number of fused-ring (bicyclic) bond motifs is 1. The first-order valence-electron chi connectivity index (χ1n) is 8.87. The van der Waals surface area contributed by atoms with Crippen molar-refractivity contribution in [3.8, 4) is 11.3 Å². The van der Waals surface area contributed by atoms with E-state index in [-0.39, 0.29) is 5.78 Å². The molecular weight excluding hydrogens is 322 g/mol. The average Bonchev–Trinajstić information content (AvgIpc) is 3.02. The standard InChI is InChI=1S/C22H21N3O/c1-2-6-15-13-18-20(19(26)14-15)22(24-17-7-4-3-5-8-17)21(25-18)16-9-11-23-12-10-16/h2-5,7-12,15,24-25H,1,6,13-14H2. The summed E-state index contributed by atoms with van der Waals surface area (Å²) < 4.78 is 0. The molecule has 0 saturated carbocycles. The van der Waals surface area contributed by atoms with E-state index in [1.807, 2.05) is 48.5 Å². The van der Waals surface area contributed by atoms with E-state index >= 15 is 0 Å². The van der Waals surface area contributed by atoms with E-state index in [1.54, 1.807) is 12.4 Å².